The predicted molar refractivity (Wildman–Crippen MR) is 69.0 cm³/mol. The van der Waals surface area contributed by atoms with Gasteiger partial charge in [0.15, 0.2) is 0 Å². The maximum atomic E-state index is 5.84. The van der Waals surface area contributed by atoms with Gasteiger partial charge in [-0.05, 0) is 41.3 Å². The van der Waals surface area contributed by atoms with Crippen molar-refractivity contribution in [1.29, 1.82) is 0 Å². The molecule has 0 saturated heterocycles. The van der Waals surface area contributed by atoms with Gasteiger partial charge >= 0.3 is 0 Å². The molecule has 0 aromatic carbocycles. The first-order valence-corrected chi connectivity index (χ1v) is 6.48. The normalized spacial score (nSPS) is 24.7. The Kier molecular flexibility index (Phi) is 4.05. The van der Waals surface area contributed by atoms with Crippen molar-refractivity contribution in [3.63, 3.8) is 0 Å². The topological polar surface area (TPSA) is 34.1 Å². The van der Waals surface area contributed by atoms with Crippen LogP contribution in [0.4, 0.5) is 5.82 Å². The predicted octanol–water partition coefficient (Wildman–Crippen LogP) is 3.48. The van der Waals surface area contributed by atoms with Crippen molar-refractivity contribution in [2.45, 2.75) is 31.4 Å². The van der Waals surface area contributed by atoms with Gasteiger partial charge in [0.2, 0.25) is 0 Å². The van der Waals surface area contributed by atoms with Crippen LogP contribution in [0.2, 0.25) is 5.02 Å². The summed E-state index contributed by atoms with van der Waals surface area (Å²) in [6.45, 7) is 0. The van der Waals surface area contributed by atoms with Gasteiger partial charge in [-0.25, -0.2) is 4.98 Å². The number of aromatic nitrogens is 1. The second-order valence-electron chi connectivity index (χ2n) is 3.94. The molecule has 3 nitrogen and oxygen atoms in total. The lowest BCUT2D eigenvalue weighted by Gasteiger charge is -2.20. The molecule has 88 valence electrons. The molecule has 1 aromatic heterocycles. The first kappa shape index (κ1) is 12.1. The lowest BCUT2D eigenvalue weighted by molar-refractivity contribution is 0.101. The number of anilines is 1. The van der Waals surface area contributed by atoms with Crippen LogP contribution in [-0.4, -0.2) is 24.2 Å². The molecule has 1 N–H and O–H groups in total. The number of hydrogen-bond donors (Lipinski definition) is 1. The van der Waals surface area contributed by atoms with Crippen molar-refractivity contribution in [2.24, 2.45) is 0 Å². The van der Waals surface area contributed by atoms with E-state index in [2.05, 4.69) is 26.2 Å². The van der Waals surface area contributed by atoms with Gasteiger partial charge in [-0.1, -0.05) is 11.6 Å². The molecule has 1 fully saturated rings. The fourth-order valence-corrected chi connectivity index (χ4v) is 2.82. The molecule has 1 aromatic rings. The van der Waals surface area contributed by atoms with Crippen LogP contribution in [0.1, 0.15) is 19.3 Å². The van der Waals surface area contributed by atoms with Crippen LogP contribution < -0.4 is 5.32 Å². The number of hydrogen-bond acceptors (Lipinski definition) is 3. The lowest BCUT2D eigenvalue weighted by Crippen LogP contribution is -2.30. The SMILES string of the molecule is COC1CCCC1Nc1ncc(Cl)cc1Br. The van der Waals surface area contributed by atoms with Crippen molar-refractivity contribution in [1.82, 2.24) is 4.98 Å². The fourth-order valence-electron chi connectivity index (χ4n) is 2.07. The smallest absolute Gasteiger partial charge is 0.140 e. The standard InChI is InChI=1S/C11H14BrClN2O/c1-16-10-4-2-3-9(10)15-11-8(12)5-7(13)6-14-11/h5-6,9-10H,2-4H2,1H3,(H,14,15). The van der Waals surface area contributed by atoms with Crippen LogP contribution in [0, 0.1) is 0 Å². The molecule has 0 spiro atoms. The van der Waals surface area contributed by atoms with Crippen LogP contribution in [0.15, 0.2) is 16.7 Å². The summed E-state index contributed by atoms with van der Waals surface area (Å²) in [5, 5.41) is 4.03. The maximum absolute atomic E-state index is 5.84. The molecular formula is C11H14BrClN2O. The Labute approximate surface area is 109 Å². The van der Waals surface area contributed by atoms with Crippen LogP contribution in [0.3, 0.4) is 0 Å². The van der Waals surface area contributed by atoms with E-state index in [1.54, 1.807) is 13.3 Å². The number of pyridine rings is 1. The summed E-state index contributed by atoms with van der Waals surface area (Å²) in [5.41, 5.74) is 0. The van der Waals surface area contributed by atoms with E-state index < -0.39 is 0 Å². The highest BCUT2D eigenvalue weighted by Crippen LogP contribution is 2.28. The third-order valence-corrected chi connectivity index (χ3v) is 3.70. The van der Waals surface area contributed by atoms with Gasteiger partial charge in [-0.3, -0.25) is 0 Å². The van der Waals surface area contributed by atoms with Gasteiger partial charge in [0.05, 0.1) is 21.6 Å². The molecular weight excluding hydrogens is 291 g/mol. The van der Waals surface area contributed by atoms with Crippen molar-refractivity contribution < 1.29 is 4.74 Å². The number of nitrogens with one attached hydrogen (secondary N) is 1. The van der Waals surface area contributed by atoms with E-state index in [0.29, 0.717) is 11.1 Å². The van der Waals surface area contributed by atoms with E-state index in [4.69, 9.17) is 16.3 Å². The molecule has 0 bridgehead atoms. The second kappa shape index (κ2) is 5.34. The van der Waals surface area contributed by atoms with Gasteiger partial charge < -0.3 is 10.1 Å². The highest BCUT2D eigenvalue weighted by molar-refractivity contribution is 9.10. The Bertz CT molecular complexity index is 375. The van der Waals surface area contributed by atoms with E-state index in [0.717, 1.165) is 23.1 Å². The fraction of sp³-hybridized carbons (Fsp3) is 0.545. The number of ether oxygens (including phenoxy) is 1. The Hall–Kier alpha value is -0.320. The molecule has 1 heterocycles. The minimum Gasteiger partial charge on any atom is -0.379 e. The summed E-state index contributed by atoms with van der Waals surface area (Å²) in [5.74, 6) is 0.832. The minimum absolute atomic E-state index is 0.282. The molecule has 1 saturated carbocycles. The van der Waals surface area contributed by atoms with E-state index in [9.17, 15) is 0 Å². The van der Waals surface area contributed by atoms with Crippen molar-refractivity contribution in [2.75, 3.05) is 12.4 Å². The summed E-state index contributed by atoms with van der Waals surface area (Å²) >= 11 is 9.29. The van der Waals surface area contributed by atoms with Crippen molar-refractivity contribution in [3.05, 3.63) is 21.8 Å². The molecule has 2 atom stereocenters. The second-order valence-corrected chi connectivity index (χ2v) is 5.23. The molecule has 1 aliphatic carbocycles. The number of halogens is 2. The molecule has 5 heteroatoms. The molecule has 2 rings (SSSR count). The largest absolute Gasteiger partial charge is 0.379 e. The average Bonchev–Trinajstić information content (AvgIpc) is 2.69. The number of methoxy groups -OCH3 is 1. The zero-order chi connectivity index (χ0) is 11.5. The molecule has 16 heavy (non-hydrogen) atoms. The van der Waals surface area contributed by atoms with Crippen molar-refractivity contribution >= 4 is 33.3 Å². The number of rotatable bonds is 3. The Balaban J connectivity index is 2.08. The Morgan fingerprint density at radius 3 is 3.06 bits per heavy atom. The lowest BCUT2D eigenvalue weighted by atomic mass is 10.2. The number of nitrogens with zero attached hydrogens (tertiary/aromatic N) is 1. The van der Waals surface area contributed by atoms with E-state index in [-0.39, 0.29) is 6.10 Å². The van der Waals surface area contributed by atoms with E-state index >= 15 is 0 Å². The zero-order valence-corrected chi connectivity index (χ0v) is 11.4. The summed E-state index contributed by atoms with van der Waals surface area (Å²) < 4.78 is 6.32. The quantitative estimate of drug-likeness (QED) is 0.928. The summed E-state index contributed by atoms with van der Waals surface area (Å²) in [6.07, 6.45) is 5.35. The van der Waals surface area contributed by atoms with Gasteiger partial charge in [-0.2, -0.15) is 0 Å². The highest BCUT2D eigenvalue weighted by Gasteiger charge is 2.27. The summed E-state index contributed by atoms with van der Waals surface area (Å²) in [4.78, 5) is 4.26. The zero-order valence-electron chi connectivity index (χ0n) is 9.04. The van der Waals surface area contributed by atoms with Gasteiger partial charge in [0.25, 0.3) is 0 Å². The van der Waals surface area contributed by atoms with E-state index in [1.165, 1.54) is 6.42 Å². The Morgan fingerprint density at radius 2 is 2.38 bits per heavy atom. The summed E-state index contributed by atoms with van der Waals surface area (Å²) in [7, 11) is 1.76. The molecule has 2 unspecified atom stereocenters. The minimum atomic E-state index is 0.282. The van der Waals surface area contributed by atoms with Crippen molar-refractivity contribution in [3.8, 4) is 0 Å². The van der Waals surface area contributed by atoms with Crippen LogP contribution in [0.25, 0.3) is 0 Å². The summed E-state index contributed by atoms with van der Waals surface area (Å²) in [6, 6.07) is 2.18. The molecule has 0 amide bonds. The van der Waals surface area contributed by atoms with Gasteiger partial charge in [0, 0.05) is 13.3 Å². The molecule has 0 aliphatic heterocycles. The maximum Gasteiger partial charge on any atom is 0.140 e. The van der Waals surface area contributed by atoms with Crippen LogP contribution >= 0.6 is 27.5 Å². The third kappa shape index (κ3) is 2.67. The van der Waals surface area contributed by atoms with Gasteiger partial charge in [0.1, 0.15) is 5.82 Å². The van der Waals surface area contributed by atoms with Crippen LogP contribution in [0.5, 0.6) is 0 Å². The Morgan fingerprint density at radius 1 is 1.56 bits per heavy atom. The first-order chi connectivity index (χ1) is 7.70. The first-order valence-electron chi connectivity index (χ1n) is 5.31. The van der Waals surface area contributed by atoms with Gasteiger partial charge in [-0.15, -0.1) is 0 Å². The van der Waals surface area contributed by atoms with Crippen LogP contribution in [-0.2, 0) is 4.74 Å². The molecule has 0 radical (unpaired) electrons. The highest BCUT2D eigenvalue weighted by atomic mass is 79.9. The monoisotopic (exact) mass is 304 g/mol. The van der Waals surface area contributed by atoms with E-state index in [1.807, 2.05) is 6.07 Å². The molecule has 1 aliphatic rings. The third-order valence-electron chi connectivity index (χ3n) is 2.89. The average molecular weight is 306 g/mol.